The van der Waals surface area contributed by atoms with Gasteiger partial charge in [0.25, 0.3) is 0 Å². The summed E-state index contributed by atoms with van der Waals surface area (Å²) in [4.78, 5) is 0. The Hall–Kier alpha value is -1.60. The normalized spacial score (nSPS) is 28.6. The molecular weight excluding hydrogens is 206 g/mol. The first kappa shape index (κ1) is 9.43. The van der Waals surface area contributed by atoms with Crippen molar-refractivity contribution in [2.75, 3.05) is 0 Å². The van der Waals surface area contributed by atoms with Crippen LogP contribution in [-0.2, 0) is 0 Å². The second kappa shape index (κ2) is 3.21. The van der Waals surface area contributed by atoms with Crippen molar-refractivity contribution in [2.24, 2.45) is 5.73 Å². The number of hydrogen-bond donors (Lipinski definition) is 1. The van der Waals surface area contributed by atoms with Crippen molar-refractivity contribution >= 4 is 0 Å². The summed E-state index contributed by atoms with van der Waals surface area (Å²) in [6.07, 6.45) is 1.29. The van der Waals surface area contributed by atoms with E-state index in [9.17, 15) is 0 Å². The molecule has 0 spiro atoms. The Morgan fingerprint density at radius 1 is 0.706 bits per heavy atom. The average molecular weight is 221 g/mol. The number of fused-ring (bicyclic) bond motifs is 5. The van der Waals surface area contributed by atoms with Crippen LogP contribution in [0.4, 0.5) is 0 Å². The summed E-state index contributed by atoms with van der Waals surface area (Å²) in [6, 6.07) is 17.4. The molecule has 17 heavy (non-hydrogen) atoms. The molecule has 1 heteroatoms. The largest absolute Gasteiger partial charge is 0.320 e. The highest BCUT2D eigenvalue weighted by molar-refractivity contribution is 5.52. The molecule has 2 aliphatic rings. The van der Waals surface area contributed by atoms with Crippen LogP contribution in [-0.4, -0.2) is 0 Å². The lowest BCUT2D eigenvalue weighted by molar-refractivity contribution is 0.850. The van der Waals surface area contributed by atoms with Gasteiger partial charge in [-0.2, -0.15) is 0 Å². The smallest absolute Gasteiger partial charge is 0.0557 e. The Labute approximate surface area is 101 Å². The summed E-state index contributed by atoms with van der Waals surface area (Å²) in [6.45, 7) is 0. The van der Waals surface area contributed by atoms with Crippen molar-refractivity contribution < 1.29 is 0 Å². The maximum Gasteiger partial charge on any atom is 0.0557 e. The van der Waals surface area contributed by atoms with Gasteiger partial charge in [0.15, 0.2) is 0 Å². The summed E-state index contributed by atoms with van der Waals surface area (Å²) < 4.78 is 0. The maximum atomic E-state index is 6.44. The molecule has 0 saturated heterocycles. The molecule has 0 bridgehead atoms. The molecule has 4 rings (SSSR count). The highest BCUT2D eigenvalue weighted by Crippen LogP contribution is 2.59. The van der Waals surface area contributed by atoms with Gasteiger partial charge in [0.2, 0.25) is 0 Å². The van der Waals surface area contributed by atoms with E-state index in [4.69, 9.17) is 5.73 Å². The van der Waals surface area contributed by atoms with Gasteiger partial charge in [-0.1, -0.05) is 48.5 Å². The third kappa shape index (κ3) is 1.23. The third-order valence-electron chi connectivity index (χ3n) is 4.25. The van der Waals surface area contributed by atoms with Crippen molar-refractivity contribution in [3.05, 3.63) is 70.8 Å². The van der Waals surface area contributed by atoms with Gasteiger partial charge in [0.1, 0.15) is 0 Å². The second-order valence-corrected chi connectivity index (χ2v) is 5.18. The first-order chi connectivity index (χ1) is 8.36. The van der Waals surface area contributed by atoms with E-state index in [1.807, 2.05) is 0 Å². The lowest BCUT2D eigenvalue weighted by atomic mass is 9.93. The topological polar surface area (TPSA) is 26.0 Å². The first-order valence-electron chi connectivity index (χ1n) is 6.29. The molecule has 0 aliphatic heterocycles. The van der Waals surface area contributed by atoms with E-state index in [-0.39, 0.29) is 6.04 Å². The van der Waals surface area contributed by atoms with Crippen molar-refractivity contribution in [2.45, 2.75) is 24.3 Å². The van der Waals surface area contributed by atoms with Gasteiger partial charge >= 0.3 is 0 Å². The molecule has 2 aromatic rings. The molecule has 0 radical (unpaired) electrons. The zero-order chi connectivity index (χ0) is 11.4. The Kier molecular flexibility index (Phi) is 1.78. The minimum absolute atomic E-state index is 0.0511. The molecule has 0 heterocycles. The molecule has 2 aromatic carbocycles. The fourth-order valence-electron chi connectivity index (χ4n) is 3.31. The third-order valence-corrected chi connectivity index (χ3v) is 4.25. The summed E-state index contributed by atoms with van der Waals surface area (Å²) in [7, 11) is 0. The summed E-state index contributed by atoms with van der Waals surface area (Å²) in [5.41, 5.74) is 12.0. The number of rotatable bonds is 0. The van der Waals surface area contributed by atoms with Crippen molar-refractivity contribution in [1.82, 2.24) is 0 Å². The van der Waals surface area contributed by atoms with E-state index in [0.717, 1.165) is 0 Å². The number of benzene rings is 2. The van der Waals surface area contributed by atoms with Crippen LogP contribution in [0.15, 0.2) is 48.5 Å². The maximum absolute atomic E-state index is 6.44. The predicted molar refractivity (Wildman–Crippen MR) is 69.0 cm³/mol. The highest BCUT2D eigenvalue weighted by Gasteiger charge is 2.44. The minimum Gasteiger partial charge on any atom is -0.320 e. The molecule has 84 valence electrons. The quantitative estimate of drug-likeness (QED) is 0.725. The lowest BCUT2D eigenvalue weighted by Gasteiger charge is -2.16. The molecule has 1 unspecified atom stereocenters. The van der Waals surface area contributed by atoms with E-state index in [1.54, 1.807) is 0 Å². The SMILES string of the molecule is NC1c2ccccc2[C@H]2C[C@H]2c2ccccc21. The van der Waals surface area contributed by atoms with E-state index in [0.29, 0.717) is 11.8 Å². The number of hydrogen-bond acceptors (Lipinski definition) is 1. The van der Waals surface area contributed by atoms with Gasteiger partial charge < -0.3 is 5.73 Å². The molecular formula is C16H15N. The van der Waals surface area contributed by atoms with Gasteiger partial charge in [0, 0.05) is 0 Å². The van der Waals surface area contributed by atoms with Crippen LogP contribution in [0.3, 0.4) is 0 Å². The van der Waals surface area contributed by atoms with E-state index in [2.05, 4.69) is 48.5 Å². The summed E-state index contributed by atoms with van der Waals surface area (Å²) >= 11 is 0. The van der Waals surface area contributed by atoms with Crippen LogP contribution in [0.25, 0.3) is 0 Å². The van der Waals surface area contributed by atoms with Crippen LogP contribution in [0.5, 0.6) is 0 Å². The van der Waals surface area contributed by atoms with Gasteiger partial charge in [-0.3, -0.25) is 0 Å². The van der Waals surface area contributed by atoms with Gasteiger partial charge in [-0.25, -0.2) is 0 Å². The molecule has 1 saturated carbocycles. The van der Waals surface area contributed by atoms with E-state index < -0.39 is 0 Å². The Balaban J connectivity index is 1.99. The molecule has 1 fully saturated rings. The average Bonchev–Trinajstić information content (AvgIpc) is 3.18. The van der Waals surface area contributed by atoms with Crippen LogP contribution in [0, 0.1) is 0 Å². The Morgan fingerprint density at radius 3 is 1.59 bits per heavy atom. The molecule has 0 amide bonds. The van der Waals surface area contributed by atoms with Crippen LogP contribution in [0.2, 0.25) is 0 Å². The zero-order valence-electron chi connectivity index (χ0n) is 9.64. The van der Waals surface area contributed by atoms with Crippen molar-refractivity contribution in [3.8, 4) is 0 Å². The van der Waals surface area contributed by atoms with Gasteiger partial charge in [-0.15, -0.1) is 0 Å². The van der Waals surface area contributed by atoms with Crippen molar-refractivity contribution in [3.63, 3.8) is 0 Å². The van der Waals surface area contributed by atoms with Crippen LogP contribution < -0.4 is 5.73 Å². The highest BCUT2D eigenvalue weighted by atomic mass is 14.7. The van der Waals surface area contributed by atoms with Crippen LogP contribution >= 0.6 is 0 Å². The molecule has 2 N–H and O–H groups in total. The summed E-state index contributed by atoms with van der Waals surface area (Å²) in [5, 5.41) is 0. The monoisotopic (exact) mass is 221 g/mol. The Bertz CT molecular complexity index is 536. The fraction of sp³-hybridized carbons (Fsp3) is 0.250. The lowest BCUT2D eigenvalue weighted by Crippen LogP contribution is -2.14. The molecule has 3 atom stereocenters. The number of nitrogens with two attached hydrogens (primary N) is 1. The minimum atomic E-state index is 0.0511. The summed E-state index contributed by atoms with van der Waals surface area (Å²) in [5.74, 6) is 1.42. The van der Waals surface area contributed by atoms with E-state index in [1.165, 1.54) is 28.7 Å². The zero-order valence-corrected chi connectivity index (χ0v) is 9.64. The fourth-order valence-corrected chi connectivity index (χ4v) is 3.31. The van der Waals surface area contributed by atoms with Crippen molar-refractivity contribution in [1.29, 1.82) is 0 Å². The predicted octanol–water partition coefficient (Wildman–Crippen LogP) is 3.32. The van der Waals surface area contributed by atoms with Crippen LogP contribution in [0.1, 0.15) is 46.6 Å². The van der Waals surface area contributed by atoms with Gasteiger partial charge in [0.05, 0.1) is 6.04 Å². The first-order valence-corrected chi connectivity index (χ1v) is 6.29. The Morgan fingerprint density at radius 2 is 1.12 bits per heavy atom. The second-order valence-electron chi connectivity index (χ2n) is 5.18. The standard InChI is InChI=1S/C16H15N/c17-16-12-7-3-1-5-10(12)14-9-15(14)11-6-2-4-8-13(11)16/h1-8,14-16H,9,17H2/t14-,15+,16?. The molecule has 2 aliphatic carbocycles. The van der Waals surface area contributed by atoms with Gasteiger partial charge in [-0.05, 0) is 40.5 Å². The van der Waals surface area contributed by atoms with E-state index >= 15 is 0 Å². The molecule has 1 nitrogen and oxygen atoms in total. The molecule has 0 aromatic heterocycles.